The number of anilines is 1. The van der Waals surface area contributed by atoms with E-state index in [-0.39, 0.29) is 29.1 Å². The molecule has 4 rings (SSSR count). The smallest absolute Gasteiger partial charge is 0.313 e. The fourth-order valence-corrected chi connectivity index (χ4v) is 4.12. The number of primary amides is 1. The maximum Gasteiger partial charge on any atom is 0.313 e. The first-order valence-electron chi connectivity index (χ1n) is 10.1. The number of likely N-dealkylation sites (tertiary alicyclic amines) is 1. The third kappa shape index (κ3) is 4.11. The summed E-state index contributed by atoms with van der Waals surface area (Å²) in [7, 11) is 0. The SMILES string of the molecule is C[C@H]1CC[C@H](c2ccc3c(c2)C(=O)NC3)N(C(=O)C(=O)Nc2cncc(C(N)=O)c2)C1. The van der Waals surface area contributed by atoms with Gasteiger partial charge in [-0.25, -0.2) is 0 Å². The normalized spacial score (nSPS) is 20.0. The Morgan fingerprint density at radius 3 is 2.77 bits per heavy atom. The van der Waals surface area contributed by atoms with Crippen LogP contribution >= 0.6 is 0 Å². The molecule has 2 aliphatic rings. The molecule has 2 aromatic rings. The highest BCUT2D eigenvalue weighted by molar-refractivity contribution is 6.39. The molecule has 0 aliphatic carbocycles. The lowest BCUT2D eigenvalue weighted by Gasteiger charge is -2.38. The number of piperidine rings is 1. The highest BCUT2D eigenvalue weighted by atomic mass is 16.2. The summed E-state index contributed by atoms with van der Waals surface area (Å²) in [5, 5.41) is 5.30. The number of nitrogens with two attached hydrogens (primary N) is 1. The molecule has 0 radical (unpaired) electrons. The number of carbonyl (C=O) groups is 4. The highest BCUT2D eigenvalue weighted by Gasteiger charge is 2.35. The maximum absolute atomic E-state index is 13.1. The molecule has 4 N–H and O–H groups in total. The van der Waals surface area contributed by atoms with Crippen molar-refractivity contribution in [2.24, 2.45) is 11.7 Å². The largest absolute Gasteiger partial charge is 0.366 e. The summed E-state index contributed by atoms with van der Waals surface area (Å²) in [6.45, 7) is 2.96. The molecule has 9 nitrogen and oxygen atoms in total. The number of pyridine rings is 1. The van der Waals surface area contributed by atoms with Gasteiger partial charge in [0, 0.05) is 24.8 Å². The van der Waals surface area contributed by atoms with E-state index >= 15 is 0 Å². The number of nitrogens with one attached hydrogen (secondary N) is 2. The van der Waals surface area contributed by atoms with E-state index in [0.29, 0.717) is 25.1 Å². The van der Waals surface area contributed by atoms with Crippen LogP contribution in [0.1, 0.15) is 57.7 Å². The third-order valence-corrected chi connectivity index (χ3v) is 5.76. The number of hydrogen-bond donors (Lipinski definition) is 3. The highest BCUT2D eigenvalue weighted by Crippen LogP contribution is 2.35. The van der Waals surface area contributed by atoms with Gasteiger partial charge in [0.2, 0.25) is 5.91 Å². The zero-order valence-electron chi connectivity index (χ0n) is 17.1. The summed E-state index contributed by atoms with van der Waals surface area (Å²) in [6, 6.07) is 6.69. The molecule has 9 heteroatoms. The molecule has 0 saturated carbocycles. The van der Waals surface area contributed by atoms with E-state index in [2.05, 4.69) is 15.6 Å². The minimum absolute atomic E-state index is 0.126. The summed E-state index contributed by atoms with van der Waals surface area (Å²) >= 11 is 0. The Morgan fingerprint density at radius 1 is 1.19 bits per heavy atom. The van der Waals surface area contributed by atoms with Gasteiger partial charge in [-0.1, -0.05) is 19.1 Å². The van der Waals surface area contributed by atoms with Crippen molar-refractivity contribution in [2.75, 3.05) is 11.9 Å². The van der Waals surface area contributed by atoms with Gasteiger partial charge in [0.25, 0.3) is 5.91 Å². The predicted molar refractivity (Wildman–Crippen MR) is 112 cm³/mol. The Morgan fingerprint density at radius 2 is 2.00 bits per heavy atom. The van der Waals surface area contributed by atoms with E-state index in [9.17, 15) is 19.2 Å². The fraction of sp³-hybridized carbons (Fsp3) is 0.318. The Kier molecular flexibility index (Phi) is 5.41. The standard InChI is InChI=1S/C22H23N5O4/c1-12-2-5-18(13-3-4-14-9-25-20(29)17(14)7-13)27(11-12)22(31)21(30)26-16-6-15(19(23)28)8-24-10-16/h3-4,6-8,10,12,18H,2,5,9,11H2,1H3,(H2,23,28)(H,25,29)(H,26,30)/t12-,18+/m0/s1. The van der Waals surface area contributed by atoms with Gasteiger partial charge in [0.05, 0.1) is 23.5 Å². The molecule has 1 fully saturated rings. The molecular weight excluding hydrogens is 398 g/mol. The van der Waals surface area contributed by atoms with E-state index in [4.69, 9.17) is 5.73 Å². The van der Waals surface area contributed by atoms with E-state index in [1.54, 1.807) is 4.90 Å². The minimum atomic E-state index is -0.818. The van der Waals surface area contributed by atoms with Crippen LogP contribution in [0.5, 0.6) is 0 Å². The van der Waals surface area contributed by atoms with Gasteiger partial charge in [-0.3, -0.25) is 24.2 Å². The first-order chi connectivity index (χ1) is 14.8. The number of amides is 4. The average molecular weight is 421 g/mol. The lowest BCUT2D eigenvalue weighted by molar-refractivity contribution is -0.146. The van der Waals surface area contributed by atoms with Gasteiger partial charge in [0.15, 0.2) is 0 Å². The van der Waals surface area contributed by atoms with Crippen molar-refractivity contribution < 1.29 is 19.2 Å². The van der Waals surface area contributed by atoms with Crippen LogP contribution in [0.3, 0.4) is 0 Å². The zero-order chi connectivity index (χ0) is 22.1. The Labute approximate surface area is 179 Å². The monoisotopic (exact) mass is 421 g/mol. The van der Waals surface area contributed by atoms with Crippen molar-refractivity contribution in [2.45, 2.75) is 32.4 Å². The number of fused-ring (bicyclic) bond motifs is 1. The molecule has 31 heavy (non-hydrogen) atoms. The maximum atomic E-state index is 13.1. The van der Waals surface area contributed by atoms with Crippen LogP contribution in [-0.2, 0) is 16.1 Å². The summed E-state index contributed by atoms with van der Waals surface area (Å²) in [5.41, 5.74) is 7.96. The first-order valence-corrected chi connectivity index (χ1v) is 10.1. The van der Waals surface area contributed by atoms with Gasteiger partial charge in [-0.15, -0.1) is 0 Å². The van der Waals surface area contributed by atoms with Gasteiger partial charge >= 0.3 is 11.8 Å². The van der Waals surface area contributed by atoms with Crippen LogP contribution in [-0.4, -0.2) is 40.1 Å². The van der Waals surface area contributed by atoms with Gasteiger partial charge in [0.1, 0.15) is 0 Å². The number of nitrogens with zero attached hydrogens (tertiary/aromatic N) is 2. The fourth-order valence-electron chi connectivity index (χ4n) is 4.12. The second-order valence-electron chi connectivity index (χ2n) is 8.04. The molecule has 4 amide bonds. The number of aromatic nitrogens is 1. The van der Waals surface area contributed by atoms with Crippen molar-refractivity contribution in [1.29, 1.82) is 0 Å². The Bertz CT molecular complexity index is 1080. The summed E-state index contributed by atoms with van der Waals surface area (Å²) in [4.78, 5) is 54.6. The molecule has 2 aliphatic heterocycles. The molecule has 1 aromatic heterocycles. The molecule has 2 atom stereocenters. The second-order valence-corrected chi connectivity index (χ2v) is 8.04. The quantitative estimate of drug-likeness (QED) is 0.643. The van der Waals surface area contributed by atoms with Crippen LogP contribution in [0.15, 0.2) is 36.7 Å². The minimum Gasteiger partial charge on any atom is -0.366 e. The van der Waals surface area contributed by atoms with Crippen LogP contribution < -0.4 is 16.4 Å². The van der Waals surface area contributed by atoms with Gasteiger partial charge < -0.3 is 21.3 Å². The van der Waals surface area contributed by atoms with E-state index in [1.165, 1.54) is 18.5 Å². The summed E-state index contributed by atoms with van der Waals surface area (Å²) in [6.07, 6.45) is 4.22. The number of rotatable bonds is 3. The summed E-state index contributed by atoms with van der Waals surface area (Å²) in [5.74, 6) is -2.06. The lowest BCUT2D eigenvalue weighted by Crippen LogP contribution is -2.46. The van der Waals surface area contributed by atoms with Crippen LogP contribution in [0.25, 0.3) is 0 Å². The molecule has 0 spiro atoms. The van der Waals surface area contributed by atoms with Crippen molar-refractivity contribution in [3.05, 3.63) is 58.9 Å². The van der Waals surface area contributed by atoms with Crippen molar-refractivity contribution in [3.8, 4) is 0 Å². The van der Waals surface area contributed by atoms with Crippen molar-refractivity contribution >= 4 is 29.3 Å². The number of benzene rings is 1. The van der Waals surface area contributed by atoms with Gasteiger partial charge in [-0.05, 0) is 42.0 Å². The molecule has 1 saturated heterocycles. The molecule has 0 bridgehead atoms. The molecule has 0 unspecified atom stereocenters. The van der Waals surface area contributed by atoms with Crippen molar-refractivity contribution in [1.82, 2.24) is 15.2 Å². The van der Waals surface area contributed by atoms with E-state index in [1.807, 2.05) is 25.1 Å². The lowest BCUT2D eigenvalue weighted by atomic mass is 9.88. The zero-order valence-corrected chi connectivity index (χ0v) is 17.1. The predicted octanol–water partition coefficient (Wildman–Crippen LogP) is 1.36. The van der Waals surface area contributed by atoms with Crippen LogP contribution in [0.2, 0.25) is 0 Å². The van der Waals surface area contributed by atoms with Gasteiger partial charge in [-0.2, -0.15) is 0 Å². The average Bonchev–Trinajstić information content (AvgIpc) is 3.13. The molecule has 3 heterocycles. The van der Waals surface area contributed by atoms with Crippen LogP contribution in [0.4, 0.5) is 5.69 Å². The second kappa shape index (κ2) is 8.17. The van der Waals surface area contributed by atoms with Crippen molar-refractivity contribution in [3.63, 3.8) is 0 Å². The number of hydrogen-bond acceptors (Lipinski definition) is 5. The number of carbonyl (C=O) groups excluding carboxylic acids is 4. The molecule has 160 valence electrons. The van der Waals surface area contributed by atoms with Crippen LogP contribution in [0, 0.1) is 5.92 Å². The third-order valence-electron chi connectivity index (χ3n) is 5.76. The molecular formula is C22H23N5O4. The summed E-state index contributed by atoms with van der Waals surface area (Å²) < 4.78 is 0. The molecule has 1 aromatic carbocycles. The van der Waals surface area contributed by atoms with E-state index in [0.717, 1.165) is 17.5 Å². The first kappa shape index (κ1) is 20.5. The Hall–Kier alpha value is -3.75. The topological polar surface area (TPSA) is 134 Å². The van der Waals surface area contributed by atoms with E-state index < -0.39 is 17.7 Å². The Balaban J connectivity index is 1.56.